The maximum absolute atomic E-state index is 13.2. The Balaban J connectivity index is 2.40. The molecule has 78 valence electrons. The van der Waals surface area contributed by atoms with Gasteiger partial charge in [0.1, 0.15) is 5.82 Å². The van der Waals surface area contributed by atoms with Crippen LogP contribution < -0.4 is 11.3 Å². The first-order valence-electron chi connectivity index (χ1n) is 4.27. The van der Waals surface area contributed by atoms with Gasteiger partial charge < -0.3 is 4.52 Å². The van der Waals surface area contributed by atoms with Crippen LogP contribution >= 0.6 is 0 Å². The quantitative estimate of drug-likeness (QED) is 0.577. The zero-order valence-corrected chi connectivity index (χ0v) is 7.99. The molecule has 0 amide bonds. The average molecular weight is 208 g/mol. The molecule has 0 saturated carbocycles. The van der Waals surface area contributed by atoms with Gasteiger partial charge in [-0.1, -0.05) is 17.3 Å². The normalized spacial score (nSPS) is 10.3. The fourth-order valence-corrected chi connectivity index (χ4v) is 1.13. The molecule has 0 radical (unpaired) electrons. The van der Waals surface area contributed by atoms with Crippen LogP contribution in [0, 0.1) is 12.7 Å². The fourth-order valence-electron chi connectivity index (χ4n) is 1.13. The van der Waals surface area contributed by atoms with Crippen molar-refractivity contribution in [2.24, 2.45) is 5.84 Å². The Morgan fingerprint density at radius 1 is 1.47 bits per heavy atom. The average Bonchev–Trinajstić information content (AvgIpc) is 2.70. The van der Waals surface area contributed by atoms with Crippen molar-refractivity contribution in [3.63, 3.8) is 0 Å². The number of nitrogens with two attached hydrogens (primary N) is 1. The fraction of sp³-hybridized carbons (Fsp3) is 0.111. The molecule has 1 aromatic carbocycles. The highest BCUT2D eigenvalue weighted by atomic mass is 19.1. The first-order chi connectivity index (χ1) is 7.20. The molecule has 6 heteroatoms. The van der Waals surface area contributed by atoms with E-state index in [4.69, 9.17) is 10.4 Å². The molecule has 1 heterocycles. The minimum absolute atomic E-state index is 0.0889. The van der Waals surface area contributed by atoms with Crippen LogP contribution in [0.15, 0.2) is 22.7 Å². The zero-order valence-electron chi connectivity index (χ0n) is 7.99. The summed E-state index contributed by atoms with van der Waals surface area (Å²) in [6, 6.07) is 4.80. The van der Waals surface area contributed by atoms with Crippen molar-refractivity contribution >= 4 is 6.01 Å². The van der Waals surface area contributed by atoms with Gasteiger partial charge in [-0.05, 0) is 18.6 Å². The molecule has 0 aliphatic heterocycles. The van der Waals surface area contributed by atoms with Gasteiger partial charge >= 0.3 is 6.01 Å². The second kappa shape index (κ2) is 3.66. The molecule has 0 atom stereocenters. The predicted molar refractivity (Wildman–Crippen MR) is 52.2 cm³/mol. The van der Waals surface area contributed by atoms with Gasteiger partial charge in [-0.15, -0.1) is 0 Å². The predicted octanol–water partition coefficient (Wildman–Crippen LogP) is 1.47. The standard InChI is InChI=1S/C9H9FN4O/c1-5-2-3-6(4-7(5)10)8-12-9(13-11)15-14-8/h2-4H,11H2,1H3,(H,12,13,14). The summed E-state index contributed by atoms with van der Waals surface area (Å²) >= 11 is 0. The van der Waals surface area contributed by atoms with Crippen LogP contribution in [0.2, 0.25) is 0 Å². The van der Waals surface area contributed by atoms with Crippen molar-refractivity contribution in [1.29, 1.82) is 0 Å². The van der Waals surface area contributed by atoms with E-state index in [1.54, 1.807) is 19.1 Å². The lowest BCUT2D eigenvalue weighted by molar-refractivity contribution is 0.432. The van der Waals surface area contributed by atoms with Gasteiger partial charge in [0.2, 0.25) is 5.82 Å². The van der Waals surface area contributed by atoms with Crippen LogP contribution in [0.4, 0.5) is 10.4 Å². The van der Waals surface area contributed by atoms with Crippen molar-refractivity contribution in [2.45, 2.75) is 6.92 Å². The number of hydrogen-bond acceptors (Lipinski definition) is 5. The molecule has 0 fully saturated rings. The van der Waals surface area contributed by atoms with Crippen LogP contribution in [0.1, 0.15) is 5.56 Å². The maximum Gasteiger partial charge on any atom is 0.335 e. The number of benzene rings is 1. The molecule has 0 saturated heterocycles. The molecule has 3 N–H and O–H groups in total. The monoisotopic (exact) mass is 208 g/mol. The number of rotatable bonds is 2. The van der Waals surface area contributed by atoms with E-state index in [0.717, 1.165) is 0 Å². The van der Waals surface area contributed by atoms with Gasteiger partial charge in [0.25, 0.3) is 0 Å². The second-order valence-electron chi connectivity index (χ2n) is 3.03. The highest BCUT2D eigenvalue weighted by molar-refractivity contribution is 5.56. The van der Waals surface area contributed by atoms with E-state index in [1.807, 2.05) is 0 Å². The van der Waals surface area contributed by atoms with Crippen LogP contribution in [0.3, 0.4) is 0 Å². The molecule has 5 nitrogen and oxygen atoms in total. The number of nitrogens with one attached hydrogen (secondary N) is 1. The van der Waals surface area contributed by atoms with Crippen LogP contribution in [-0.4, -0.2) is 10.1 Å². The summed E-state index contributed by atoms with van der Waals surface area (Å²) in [5.41, 5.74) is 3.32. The van der Waals surface area contributed by atoms with Gasteiger partial charge in [0, 0.05) is 5.56 Å². The molecule has 2 rings (SSSR count). The first kappa shape index (κ1) is 9.60. The Morgan fingerprint density at radius 3 is 2.87 bits per heavy atom. The lowest BCUT2D eigenvalue weighted by Gasteiger charge is -1.97. The van der Waals surface area contributed by atoms with E-state index in [9.17, 15) is 4.39 Å². The molecule has 15 heavy (non-hydrogen) atoms. The highest BCUT2D eigenvalue weighted by Gasteiger charge is 2.08. The number of nitrogen functional groups attached to an aromatic ring is 1. The van der Waals surface area contributed by atoms with E-state index in [1.165, 1.54) is 6.07 Å². The van der Waals surface area contributed by atoms with Crippen molar-refractivity contribution in [2.75, 3.05) is 5.43 Å². The number of hydrazine groups is 1. The number of hydrogen-bond donors (Lipinski definition) is 2. The smallest absolute Gasteiger partial charge is 0.314 e. The molecule has 0 unspecified atom stereocenters. The van der Waals surface area contributed by atoms with Crippen molar-refractivity contribution in [3.05, 3.63) is 29.6 Å². The first-order valence-corrected chi connectivity index (χ1v) is 4.27. The summed E-state index contributed by atoms with van der Waals surface area (Å²) in [7, 11) is 0. The third-order valence-corrected chi connectivity index (χ3v) is 1.98. The molecule has 0 bridgehead atoms. The minimum atomic E-state index is -0.306. The summed E-state index contributed by atoms with van der Waals surface area (Å²) in [6.07, 6.45) is 0. The third kappa shape index (κ3) is 1.79. The van der Waals surface area contributed by atoms with Crippen molar-refractivity contribution in [1.82, 2.24) is 10.1 Å². The summed E-state index contributed by atoms with van der Waals surface area (Å²) in [5, 5.41) is 3.63. The van der Waals surface area contributed by atoms with E-state index >= 15 is 0 Å². The van der Waals surface area contributed by atoms with Crippen molar-refractivity contribution in [3.8, 4) is 11.4 Å². The van der Waals surface area contributed by atoms with Gasteiger partial charge in [-0.3, -0.25) is 5.43 Å². The van der Waals surface area contributed by atoms with E-state index in [2.05, 4.69) is 15.6 Å². The van der Waals surface area contributed by atoms with E-state index in [0.29, 0.717) is 17.0 Å². The van der Waals surface area contributed by atoms with Crippen LogP contribution in [0.5, 0.6) is 0 Å². The van der Waals surface area contributed by atoms with E-state index < -0.39 is 0 Å². The number of nitrogens with zero attached hydrogens (tertiary/aromatic N) is 2. The van der Waals surface area contributed by atoms with Crippen LogP contribution in [0.25, 0.3) is 11.4 Å². The van der Waals surface area contributed by atoms with Gasteiger partial charge in [-0.25, -0.2) is 10.2 Å². The Morgan fingerprint density at radius 2 is 2.27 bits per heavy atom. The zero-order chi connectivity index (χ0) is 10.8. The number of aryl methyl sites for hydroxylation is 1. The number of halogens is 1. The Labute approximate surface area is 85.1 Å². The van der Waals surface area contributed by atoms with Crippen LogP contribution in [-0.2, 0) is 0 Å². The summed E-state index contributed by atoms with van der Waals surface area (Å²) in [5.74, 6) is 5.06. The third-order valence-electron chi connectivity index (χ3n) is 1.98. The molecule has 0 spiro atoms. The molecular weight excluding hydrogens is 199 g/mol. The van der Waals surface area contributed by atoms with Gasteiger partial charge in [-0.2, -0.15) is 4.98 Å². The summed E-state index contributed by atoms with van der Waals surface area (Å²) in [4.78, 5) is 3.89. The Kier molecular flexibility index (Phi) is 2.34. The molecule has 2 aromatic rings. The Hall–Kier alpha value is -1.95. The number of anilines is 1. The maximum atomic E-state index is 13.2. The molecule has 1 aromatic heterocycles. The number of aromatic nitrogens is 2. The SMILES string of the molecule is Cc1ccc(-c2noc(NN)n2)cc1F. The van der Waals surface area contributed by atoms with Crippen molar-refractivity contribution < 1.29 is 8.91 Å². The summed E-state index contributed by atoms with van der Waals surface area (Å²) in [6.45, 7) is 1.68. The minimum Gasteiger partial charge on any atom is -0.314 e. The highest BCUT2D eigenvalue weighted by Crippen LogP contribution is 2.19. The molecule has 0 aliphatic carbocycles. The Bertz CT molecular complexity index is 483. The summed E-state index contributed by atoms with van der Waals surface area (Å²) < 4.78 is 17.9. The lowest BCUT2D eigenvalue weighted by Crippen LogP contribution is -2.06. The van der Waals surface area contributed by atoms with Gasteiger partial charge in [0.15, 0.2) is 0 Å². The molecular formula is C9H9FN4O. The van der Waals surface area contributed by atoms with E-state index in [-0.39, 0.29) is 11.8 Å². The topological polar surface area (TPSA) is 77.0 Å². The second-order valence-corrected chi connectivity index (χ2v) is 3.03. The lowest BCUT2D eigenvalue weighted by atomic mass is 10.1. The largest absolute Gasteiger partial charge is 0.335 e. The van der Waals surface area contributed by atoms with Gasteiger partial charge in [0.05, 0.1) is 0 Å². The molecule has 0 aliphatic rings.